The van der Waals surface area contributed by atoms with Gasteiger partial charge in [0.05, 0.1) is 13.2 Å². The number of aliphatic hydroxyl groups is 1. The third-order valence-corrected chi connectivity index (χ3v) is 2.58. The summed E-state index contributed by atoms with van der Waals surface area (Å²) in [6.45, 7) is 0.785. The predicted octanol–water partition coefficient (Wildman–Crippen LogP) is 2.23. The zero-order valence-electron chi connectivity index (χ0n) is 10.8. The molecule has 3 nitrogen and oxygen atoms in total. The summed E-state index contributed by atoms with van der Waals surface area (Å²) >= 11 is 0. The minimum atomic E-state index is -4.27. The predicted molar refractivity (Wildman–Crippen MR) is 66.3 cm³/mol. The van der Waals surface area contributed by atoms with Gasteiger partial charge in [-0.05, 0) is 18.6 Å². The van der Waals surface area contributed by atoms with Crippen LogP contribution in [-0.2, 0) is 0 Å². The molecule has 0 heterocycles. The third-order valence-electron chi connectivity index (χ3n) is 2.58. The third kappa shape index (κ3) is 6.45. The van der Waals surface area contributed by atoms with E-state index < -0.39 is 12.7 Å². The maximum absolute atomic E-state index is 12.3. The van der Waals surface area contributed by atoms with Gasteiger partial charge in [-0.3, -0.25) is 4.90 Å². The molecule has 0 spiro atoms. The van der Waals surface area contributed by atoms with E-state index in [0.717, 1.165) is 10.5 Å². The summed E-state index contributed by atoms with van der Waals surface area (Å²) < 4.78 is 42.3. The van der Waals surface area contributed by atoms with Gasteiger partial charge in [-0.15, -0.1) is 0 Å². The molecule has 19 heavy (non-hydrogen) atoms. The van der Waals surface area contributed by atoms with Gasteiger partial charge in [0, 0.05) is 13.1 Å². The zero-order valence-corrected chi connectivity index (χ0v) is 10.8. The van der Waals surface area contributed by atoms with Crippen molar-refractivity contribution in [2.24, 2.45) is 0 Å². The molecular formula is C13H18F3NO2. The first-order valence-corrected chi connectivity index (χ1v) is 6.01. The number of aryl methyl sites for hydroxylation is 1. The molecule has 0 bridgehead atoms. The van der Waals surface area contributed by atoms with Crippen LogP contribution in [-0.4, -0.2) is 49.0 Å². The maximum Gasteiger partial charge on any atom is 0.401 e. The Bertz CT molecular complexity index is 382. The van der Waals surface area contributed by atoms with Crippen molar-refractivity contribution in [2.45, 2.75) is 13.1 Å². The molecule has 0 amide bonds. The molecule has 1 aromatic rings. The first kappa shape index (κ1) is 15.8. The van der Waals surface area contributed by atoms with Crippen molar-refractivity contribution >= 4 is 0 Å². The van der Waals surface area contributed by atoms with Crippen LogP contribution >= 0.6 is 0 Å². The van der Waals surface area contributed by atoms with E-state index >= 15 is 0 Å². The van der Waals surface area contributed by atoms with Crippen LogP contribution in [0.1, 0.15) is 5.56 Å². The van der Waals surface area contributed by atoms with E-state index in [1.54, 1.807) is 6.07 Å². The Labute approximate surface area is 110 Å². The summed E-state index contributed by atoms with van der Waals surface area (Å²) in [6, 6.07) is 7.32. The minimum Gasteiger partial charge on any atom is -0.492 e. The molecule has 108 valence electrons. The number of halogens is 3. The van der Waals surface area contributed by atoms with Crippen molar-refractivity contribution in [3.63, 3.8) is 0 Å². The Balaban J connectivity index is 2.42. The van der Waals surface area contributed by atoms with Crippen LogP contribution in [0.2, 0.25) is 0 Å². The molecule has 0 radical (unpaired) electrons. The fourth-order valence-corrected chi connectivity index (χ4v) is 1.67. The Morgan fingerprint density at radius 2 is 1.89 bits per heavy atom. The fourth-order valence-electron chi connectivity index (χ4n) is 1.67. The molecule has 0 unspecified atom stereocenters. The first-order valence-electron chi connectivity index (χ1n) is 6.01. The second kappa shape index (κ2) is 7.35. The summed E-state index contributed by atoms with van der Waals surface area (Å²) in [6.07, 6.45) is -4.27. The summed E-state index contributed by atoms with van der Waals surface area (Å²) in [5, 5.41) is 8.74. The average Bonchev–Trinajstić information content (AvgIpc) is 2.30. The number of hydrogen-bond acceptors (Lipinski definition) is 3. The fraction of sp³-hybridized carbons (Fsp3) is 0.538. The second-order valence-corrected chi connectivity index (χ2v) is 4.23. The maximum atomic E-state index is 12.3. The van der Waals surface area contributed by atoms with E-state index in [2.05, 4.69) is 0 Å². The number of hydrogen-bond donors (Lipinski definition) is 1. The number of benzene rings is 1. The van der Waals surface area contributed by atoms with E-state index in [1.807, 2.05) is 25.1 Å². The Morgan fingerprint density at radius 1 is 1.21 bits per heavy atom. The van der Waals surface area contributed by atoms with E-state index in [4.69, 9.17) is 9.84 Å². The monoisotopic (exact) mass is 277 g/mol. The highest BCUT2D eigenvalue weighted by atomic mass is 19.4. The second-order valence-electron chi connectivity index (χ2n) is 4.23. The van der Waals surface area contributed by atoms with Gasteiger partial charge in [0.2, 0.25) is 0 Å². The lowest BCUT2D eigenvalue weighted by Crippen LogP contribution is -2.38. The first-order chi connectivity index (χ1) is 8.92. The van der Waals surface area contributed by atoms with Crippen molar-refractivity contribution < 1.29 is 23.0 Å². The van der Waals surface area contributed by atoms with Crippen molar-refractivity contribution in [1.82, 2.24) is 4.90 Å². The van der Waals surface area contributed by atoms with Crippen molar-refractivity contribution in [3.05, 3.63) is 29.8 Å². The van der Waals surface area contributed by atoms with Gasteiger partial charge in [0.25, 0.3) is 0 Å². The molecule has 6 heteroatoms. The molecule has 1 aromatic carbocycles. The highest BCUT2D eigenvalue weighted by Crippen LogP contribution is 2.17. The van der Waals surface area contributed by atoms with Crippen molar-refractivity contribution in [3.8, 4) is 5.75 Å². The molecule has 1 rings (SSSR count). The lowest BCUT2D eigenvalue weighted by atomic mass is 10.2. The lowest BCUT2D eigenvalue weighted by molar-refractivity contribution is -0.147. The van der Waals surface area contributed by atoms with Gasteiger partial charge in [0.15, 0.2) is 0 Å². The van der Waals surface area contributed by atoms with Crippen LogP contribution in [0.25, 0.3) is 0 Å². The zero-order chi connectivity index (χ0) is 14.3. The topological polar surface area (TPSA) is 32.7 Å². The number of para-hydroxylation sites is 1. The van der Waals surface area contributed by atoms with Crippen LogP contribution in [0, 0.1) is 6.92 Å². The number of rotatable bonds is 7. The molecule has 0 aromatic heterocycles. The van der Waals surface area contributed by atoms with Crippen LogP contribution in [0.3, 0.4) is 0 Å². The summed E-state index contributed by atoms with van der Waals surface area (Å²) in [5.74, 6) is 0.665. The quantitative estimate of drug-likeness (QED) is 0.829. The van der Waals surface area contributed by atoms with E-state index in [9.17, 15) is 13.2 Å². The van der Waals surface area contributed by atoms with Crippen LogP contribution in [0.4, 0.5) is 13.2 Å². The lowest BCUT2D eigenvalue weighted by Gasteiger charge is -2.22. The van der Waals surface area contributed by atoms with Gasteiger partial charge in [-0.1, -0.05) is 18.2 Å². The molecule has 0 atom stereocenters. The molecule has 0 aliphatic carbocycles. The Kier molecular flexibility index (Phi) is 6.11. The molecule has 0 aliphatic heterocycles. The molecule has 0 saturated carbocycles. The van der Waals surface area contributed by atoms with Crippen molar-refractivity contribution in [2.75, 3.05) is 32.8 Å². The molecule has 0 aliphatic rings. The van der Waals surface area contributed by atoms with Crippen LogP contribution in [0.15, 0.2) is 24.3 Å². The highest BCUT2D eigenvalue weighted by molar-refractivity contribution is 5.31. The van der Waals surface area contributed by atoms with Gasteiger partial charge in [0.1, 0.15) is 12.4 Å². The highest BCUT2D eigenvalue weighted by Gasteiger charge is 2.30. The smallest absolute Gasteiger partial charge is 0.401 e. The van der Waals surface area contributed by atoms with Crippen molar-refractivity contribution in [1.29, 1.82) is 0 Å². The normalized spacial score (nSPS) is 11.9. The standard InChI is InChI=1S/C13H18F3NO2/c1-11-4-2-3-5-12(11)19-9-7-17(6-8-18)10-13(14,15)16/h2-5,18H,6-10H2,1H3. The Morgan fingerprint density at radius 3 is 2.47 bits per heavy atom. The van der Waals surface area contributed by atoms with Gasteiger partial charge in [-0.2, -0.15) is 13.2 Å². The average molecular weight is 277 g/mol. The van der Waals surface area contributed by atoms with Crippen LogP contribution < -0.4 is 4.74 Å². The summed E-state index contributed by atoms with van der Waals surface area (Å²) in [4.78, 5) is 1.12. The summed E-state index contributed by atoms with van der Waals surface area (Å²) in [5.41, 5.74) is 0.937. The largest absolute Gasteiger partial charge is 0.492 e. The number of aliphatic hydroxyl groups excluding tert-OH is 1. The van der Waals surface area contributed by atoms with E-state index in [0.29, 0.717) is 5.75 Å². The molecule has 1 N–H and O–H groups in total. The number of nitrogens with zero attached hydrogens (tertiary/aromatic N) is 1. The molecule has 0 saturated heterocycles. The van der Waals surface area contributed by atoms with E-state index in [-0.39, 0.29) is 26.3 Å². The summed E-state index contributed by atoms with van der Waals surface area (Å²) in [7, 11) is 0. The number of alkyl halides is 3. The van der Waals surface area contributed by atoms with Gasteiger partial charge >= 0.3 is 6.18 Å². The van der Waals surface area contributed by atoms with Gasteiger partial charge in [-0.25, -0.2) is 0 Å². The number of ether oxygens (including phenoxy) is 1. The van der Waals surface area contributed by atoms with Crippen LogP contribution in [0.5, 0.6) is 5.75 Å². The Hall–Kier alpha value is -1.27. The van der Waals surface area contributed by atoms with Gasteiger partial charge < -0.3 is 9.84 Å². The van der Waals surface area contributed by atoms with E-state index in [1.165, 1.54) is 0 Å². The molecular weight excluding hydrogens is 259 g/mol. The molecule has 0 fully saturated rings. The minimum absolute atomic E-state index is 0.0172. The SMILES string of the molecule is Cc1ccccc1OCCN(CCO)CC(F)(F)F.